The van der Waals surface area contributed by atoms with Crippen LogP contribution in [0.4, 0.5) is 0 Å². The van der Waals surface area contributed by atoms with Gasteiger partial charge in [0.1, 0.15) is 18.1 Å². The van der Waals surface area contributed by atoms with Gasteiger partial charge in [0.2, 0.25) is 0 Å². The van der Waals surface area contributed by atoms with Crippen molar-refractivity contribution in [3.63, 3.8) is 0 Å². The van der Waals surface area contributed by atoms with Crippen molar-refractivity contribution >= 4 is 0 Å². The molecule has 0 aliphatic carbocycles. The number of aliphatic hydroxyl groups excluding tert-OH is 1. The minimum atomic E-state index is -0.703. The SMILES string of the molecule is CC(O)c1ncnn1Cc1cc(-c2ccc(C#Cc3ccc(CN4CCOCC4)cc3)cc2)on1. The van der Waals surface area contributed by atoms with Gasteiger partial charge in [0.15, 0.2) is 11.6 Å². The molecule has 1 atom stereocenters. The molecule has 4 aromatic rings. The van der Waals surface area contributed by atoms with Crippen molar-refractivity contribution in [3.05, 3.63) is 89.1 Å². The van der Waals surface area contributed by atoms with Crippen molar-refractivity contribution in [2.24, 2.45) is 0 Å². The van der Waals surface area contributed by atoms with Gasteiger partial charge in [0, 0.05) is 42.4 Å². The van der Waals surface area contributed by atoms with Crippen LogP contribution in [0.5, 0.6) is 0 Å². The molecule has 1 aliphatic rings. The minimum absolute atomic E-state index is 0.374. The molecule has 2 aromatic carbocycles. The normalized spacial score (nSPS) is 14.9. The second-order valence-electron chi connectivity index (χ2n) is 8.55. The molecular weight excluding hydrogens is 442 g/mol. The van der Waals surface area contributed by atoms with Crippen LogP contribution < -0.4 is 0 Å². The standard InChI is InChI=1S/C27H27N5O3/c1-20(33)27-28-19-29-32(27)18-25-16-26(35-30-25)24-10-8-22(9-11-24)3-2-21-4-6-23(7-5-21)17-31-12-14-34-15-13-31/h4-11,16,19-20,33H,12-15,17-18H2,1H3. The number of aromatic nitrogens is 4. The predicted molar refractivity (Wildman–Crippen MR) is 130 cm³/mol. The molecule has 1 saturated heterocycles. The van der Waals surface area contributed by atoms with E-state index in [1.807, 2.05) is 30.3 Å². The van der Waals surface area contributed by atoms with Gasteiger partial charge in [0.25, 0.3) is 0 Å². The highest BCUT2D eigenvalue weighted by Gasteiger charge is 2.13. The zero-order chi connectivity index (χ0) is 24.0. The highest BCUT2D eigenvalue weighted by molar-refractivity contribution is 5.59. The number of aliphatic hydroxyl groups is 1. The third-order valence-corrected chi connectivity index (χ3v) is 5.87. The van der Waals surface area contributed by atoms with E-state index in [-0.39, 0.29) is 0 Å². The molecule has 8 heteroatoms. The number of morpholine rings is 1. The lowest BCUT2D eigenvalue weighted by atomic mass is 10.1. The van der Waals surface area contributed by atoms with Crippen molar-refractivity contribution < 1.29 is 14.4 Å². The van der Waals surface area contributed by atoms with Crippen LogP contribution >= 0.6 is 0 Å². The minimum Gasteiger partial charge on any atom is -0.385 e. The summed E-state index contributed by atoms with van der Waals surface area (Å²) in [5.74, 6) is 7.62. The maximum Gasteiger partial charge on any atom is 0.167 e. The Morgan fingerprint density at radius 3 is 2.34 bits per heavy atom. The van der Waals surface area contributed by atoms with E-state index in [4.69, 9.17) is 9.26 Å². The van der Waals surface area contributed by atoms with Crippen molar-refractivity contribution in [2.45, 2.75) is 26.1 Å². The highest BCUT2D eigenvalue weighted by Crippen LogP contribution is 2.21. The van der Waals surface area contributed by atoms with Crippen LogP contribution in [0, 0.1) is 11.8 Å². The van der Waals surface area contributed by atoms with Crippen molar-refractivity contribution in [1.29, 1.82) is 0 Å². The largest absolute Gasteiger partial charge is 0.385 e. The van der Waals surface area contributed by atoms with E-state index in [0.29, 0.717) is 23.8 Å². The highest BCUT2D eigenvalue weighted by atomic mass is 16.5. The Hall–Kier alpha value is -3.77. The summed E-state index contributed by atoms with van der Waals surface area (Å²) in [4.78, 5) is 6.49. The summed E-state index contributed by atoms with van der Waals surface area (Å²) in [6, 6.07) is 18.2. The lowest BCUT2D eigenvalue weighted by molar-refractivity contribution is 0.0342. The van der Waals surface area contributed by atoms with Gasteiger partial charge in [0.05, 0.1) is 19.8 Å². The van der Waals surface area contributed by atoms with E-state index < -0.39 is 6.10 Å². The lowest BCUT2D eigenvalue weighted by Crippen LogP contribution is -2.35. The monoisotopic (exact) mass is 469 g/mol. The molecule has 0 saturated carbocycles. The summed E-state index contributed by atoms with van der Waals surface area (Å²) in [7, 11) is 0. The molecule has 5 rings (SSSR count). The Balaban J connectivity index is 1.20. The number of rotatable bonds is 6. The molecule has 1 fully saturated rings. The molecule has 0 amide bonds. The van der Waals surface area contributed by atoms with E-state index in [2.05, 4.69) is 56.2 Å². The van der Waals surface area contributed by atoms with Crippen LogP contribution in [0.3, 0.4) is 0 Å². The number of ether oxygens (including phenoxy) is 1. The maximum absolute atomic E-state index is 9.79. The third kappa shape index (κ3) is 5.84. The number of benzene rings is 2. The summed E-state index contributed by atoms with van der Waals surface area (Å²) in [5.41, 5.74) is 4.82. The summed E-state index contributed by atoms with van der Waals surface area (Å²) in [6.07, 6.45) is 0.716. The fourth-order valence-corrected chi connectivity index (χ4v) is 3.97. The number of hydrogen-bond donors (Lipinski definition) is 1. The molecule has 1 N–H and O–H groups in total. The smallest absolute Gasteiger partial charge is 0.167 e. The van der Waals surface area contributed by atoms with Gasteiger partial charge in [-0.15, -0.1) is 0 Å². The second-order valence-corrected chi connectivity index (χ2v) is 8.55. The molecule has 0 radical (unpaired) electrons. The number of hydrogen-bond acceptors (Lipinski definition) is 7. The second kappa shape index (κ2) is 10.7. The first kappa shape index (κ1) is 23.0. The van der Waals surface area contributed by atoms with Crippen LogP contribution in [-0.2, 0) is 17.8 Å². The van der Waals surface area contributed by atoms with Crippen molar-refractivity contribution in [3.8, 4) is 23.2 Å². The van der Waals surface area contributed by atoms with Gasteiger partial charge in [-0.25, -0.2) is 9.67 Å². The first-order valence-electron chi connectivity index (χ1n) is 11.7. The summed E-state index contributed by atoms with van der Waals surface area (Å²) >= 11 is 0. The van der Waals surface area contributed by atoms with Gasteiger partial charge in [-0.2, -0.15) is 5.10 Å². The van der Waals surface area contributed by atoms with Crippen LogP contribution in [0.2, 0.25) is 0 Å². The first-order valence-corrected chi connectivity index (χ1v) is 11.7. The average molecular weight is 470 g/mol. The molecule has 35 heavy (non-hydrogen) atoms. The molecule has 178 valence electrons. The summed E-state index contributed by atoms with van der Waals surface area (Å²) in [6.45, 7) is 6.57. The molecular formula is C27H27N5O3. The van der Waals surface area contributed by atoms with Crippen molar-refractivity contribution in [2.75, 3.05) is 26.3 Å². The average Bonchev–Trinajstić information content (AvgIpc) is 3.55. The Kier molecular flexibility index (Phi) is 7.00. The van der Waals surface area contributed by atoms with E-state index in [1.54, 1.807) is 11.6 Å². The zero-order valence-corrected chi connectivity index (χ0v) is 19.6. The van der Waals surface area contributed by atoms with Gasteiger partial charge in [-0.1, -0.05) is 29.1 Å². The van der Waals surface area contributed by atoms with Crippen LogP contribution in [-0.4, -0.2) is 56.2 Å². The van der Waals surface area contributed by atoms with Crippen LogP contribution in [0.15, 0.2) is 65.4 Å². The summed E-state index contributed by atoms with van der Waals surface area (Å²) < 4.78 is 12.5. The Bertz CT molecular complexity index is 1310. The Morgan fingerprint density at radius 1 is 0.971 bits per heavy atom. The van der Waals surface area contributed by atoms with Gasteiger partial charge >= 0.3 is 0 Å². The molecule has 3 heterocycles. The Morgan fingerprint density at radius 2 is 1.66 bits per heavy atom. The van der Waals surface area contributed by atoms with E-state index in [1.165, 1.54) is 11.9 Å². The predicted octanol–water partition coefficient (Wildman–Crippen LogP) is 3.27. The van der Waals surface area contributed by atoms with Gasteiger partial charge in [-0.3, -0.25) is 4.90 Å². The van der Waals surface area contributed by atoms with E-state index >= 15 is 0 Å². The fraction of sp³-hybridized carbons (Fsp3) is 0.296. The topological polar surface area (TPSA) is 89.4 Å². The number of nitrogens with zero attached hydrogens (tertiary/aromatic N) is 5. The quantitative estimate of drug-likeness (QED) is 0.434. The zero-order valence-electron chi connectivity index (χ0n) is 19.6. The first-order chi connectivity index (χ1) is 17.1. The fourth-order valence-electron chi connectivity index (χ4n) is 3.97. The van der Waals surface area contributed by atoms with Crippen molar-refractivity contribution in [1.82, 2.24) is 24.8 Å². The van der Waals surface area contributed by atoms with E-state index in [9.17, 15) is 5.11 Å². The molecule has 8 nitrogen and oxygen atoms in total. The lowest BCUT2D eigenvalue weighted by Gasteiger charge is -2.26. The van der Waals surface area contributed by atoms with Crippen LogP contribution in [0.25, 0.3) is 11.3 Å². The molecule has 2 aromatic heterocycles. The maximum atomic E-state index is 9.79. The van der Waals surface area contributed by atoms with Gasteiger partial charge < -0.3 is 14.4 Å². The molecule has 1 unspecified atom stereocenters. The summed E-state index contributed by atoms with van der Waals surface area (Å²) in [5, 5.41) is 18.1. The van der Waals surface area contributed by atoms with Crippen LogP contribution in [0.1, 0.15) is 41.2 Å². The molecule has 0 spiro atoms. The third-order valence-electron chi connectivity index (χ3n) is 5.87. The molecule has 1 aliphatic heterocycles. The van der Waals surface area contributed by atoms with Gasteiger partial charge in [-0.05, 0) is 48.9 Å². The Labute approximate surface area is 204 Å². The molecule has 0 bridgehead atoms. The van der Waals surface area contributed by atoms with E-state index in [0.717, 1.165) is 49.5 Å².